The molecule has 2 nitrogen and oxygen atoms in total. The Hall–Kier alpha value is -0.352. The summed E-state index contributed by atoms with van der Waals surface area (Å²) in [6.07, 6.45) is 7.19. The first-order valence-corrected chi connectivity index (χ1v) is 3.72. The second kappa shape index (κ2) is 19.3. The van der Waals surface area contributed by atoms with Gasteiger partial charge in [-0.05, 0) is 26.0 Å². The molecule has 0 amide bonds. The zero-order valence-corrected chi connectivity index (χ0v) is 12.2. The number of rotatable bonds is 0. The van der Waals surface area contributed by atoms with E-state index in [2.05, 4.69) is 4.98 Å². The molecule has 1 aromatic heterocycles. The van der Waals surface area contributed by atoms with Gasteiger partial charge in [-0.1, -0.05) is 12.2 Å². The Balaban J connectivity index is -0.0000000779. The summed E-state index contributed by atoms with van der Waals surface area (Å²) in [6.45, 7) is 4.00. The first-order chi connectivity index (χ1) is 5.85. The molecule has 0 saturated heterocycles. The summed E-state index contributed by atoms with van der Waals surface area (Å²) in [7, 11) is 0. The number of nitrogens with zero attached hydrogens (tertiary/aromatic N) is 2. The standard InChI is InChI=1S/C6H4N2.C4H8.2ClH.Pt/c7-5-6-1-3-8-4-2-6;1-3-4-2;;;/h1-4H;3-4H,1-2H3;2*1H;/q;;;;+2/p-2/b;4-3+;;;. The minimum atomic E-state index is 0. The first kappa shape index (κ1) is 24.1. The molecule has 0 atom stereocenters. The Morgan fingerprint density at radius 1 is 1.13 bits per heavy atom. The summed E-state index contributed by atoms with van der Waals surface area (Å²) in [5.74, 6) is 0. The predicted molar refractivity (Wildman–Crippen MR) is 49.4 cm³/mol. The Labute approximate surface area is 118 Å². The van der Waals surface area contributed by atoms with Gasteiger partial charge in [0.25, 0.3) is 0 Å². The molecule has 0 saturated carbocycles. The Morgan fingerprint density at radius 3 is 1.73 bits per heavy atom. The van der Waals surface area contributed by atoms with E-state index >= 15 is 0 Å². The molecule has 0 aliphatic heterocycles. The average Bonchev–Trinajstić information content (AvgIpc) is 2.19. The maximum absolute atomic E-state index is 8.26. The number of pyridine rings is 1. The number of hydrogen-bond acceptors (Lipinski definition) is 2. The molecule has 0 N–H and O–H groups in total. The molecule has 1 heterocycles. The van der Waals surface area contributed by atoms with Gasteiger partial charge in [-0.3, -0.25) is 4.98 Å². The predicted octanol–water partition coefficient (Wildman–Crippen LogP) is -3.46. The molecule has 0 fully saturated rings. The molecule has 0 spiro atoms. The number of allylic oxidation sites excluding steroid dienone is 2. The molecule has 0 bridgehead atoms. The van der Waals surface area contributed by atoms with Crippen molar-refractivity contribution in [3.8, 4) is 6.07 Å². The van der Waals surface area contributed by atoms with Crippen molar-refractivity contribution >= 4 is 0 Å². The van der Waals surface area contributed by atoms with Crippen LogP contribution in [0.25, 0.3) is 0 Å². The van der Waals surface area contributed by atoms with E-state index in [1.165, 1.54) is 0 Å². The van der Waals surface area contributed by atoms with Gasteiger partial charge in [-0.15, -0.1) is 0 Å². The van der Waals surface area contributed by atoms with E-state index < -0.39 is 0 Å². The van der Waals surface area contributed by atoms with Gasteiger partial charge in [0.1, 0.15) is 0 Å². The van der Waals surface area contributed by atoms with Crippen molar-refractivity contribution in [3.63, 3.8) is 0 Å². The molecule has 1 rings (SSSR count). The zero-order valence-electron chi connectivity index (χ0n) is 8.43. The monoisotopic (exact) mass is 425 g/mol. The largest absolute Gasteiger partial charge is 2.00 e. The normalized spacial score (nSPS) is 6.73. The molecule has 0 aliphatic rings. The first-order valence-electron chi connectivity index (χ1n) is 3.72. The van der Waals surface area contributed by atoms with Crippen molar-refractivity contribution in [2.75, 3.05) is 0 Å². The minimum absolute atomic E-state index is 0. The van der Waals surface area contributed by atoms with Crippen LogP contribution < -0.4 is 24.8 Å². The fraction of sp³-hybridized carbons (Fsp3) is 0.200. The van der Waals surface area contributed by atoms with E-state index in [1.54, 1.807) is 24.5 Å². The second-order valence-electron chi connectivity index (χ2n) is 2.01. The van der Waals surface area contributed by atoms with Gasteiger partial charge in [-0.2, -0.15) is 5.26 Å². The van der Waals surface area contributed by atoms with E-state index in [0.29, 0.717) is 5.56 Å². The molecule has 86 valence electrons. The summed E-state index contributed by atoms with van der Waals surface area (Å²) in [4.78, 5) is 3.74. The van der Waals surface area contributed by atoms with Gasteiger partial charge in [0.05, 0.1) is 11.6 Å². The van der Waals surface area contributed by atoms with E-state index in [0.717, 1.165) is 0 Å². The number of hydrogen-bond donors (Lipinski definition) is 0. The van der Waals surface area contributed by atoms with Crippen molar-refractivity contribution in [1.29, 1.82) is 5.26 Å². The van der Waals surface area contributed by atoms with Crippen molar-refractivity contribution in [1.82, 2.24) is 4.98 Å². The molecule has 15 heavy (non-hydrogen) atoms. The smallest absolute Gasteiger partial charge is 1.00 e. The summed E-state index contributed by atoms with van der Waals surface area (Å²) in [6, 6.07) is 5.32. The van der Waals surface area contributed by atoms with Gasteiger partial charge in [-0.25, -0.2) is 0 Å². The van der Waals surface area contributed by atoms with Crippen LogP contribution in [-0.4, -0.2) is 4.98 Å². The van der Waals surface area contributed by atoms with Crippen LogP contribution in [0, 0.1) is 11.3 Å². The third kappa shape index (κ3) is 16.3. The third-order valence-corrected chi connectivity index (χ3v) is 1.14. The quantitative estimate of drug-likeness (QED) is 0.405. The summed E-state index contributed by atoms with van der Waals surface area (Å²) in [5.41, 5.74) is 0.653. The van der Waals surface area contributed by atoms with Gasteiger partial charge in [0.15, 0.2) is 0 Å². The summed E-state index contributed by atoms with van der Waals surface area (Å²) in [5, 5.41) is 8.26. The number of halogens is 2. The maximum atomic E-state index is 8.26. The molecular formula is C10H12Cl2N2Pt. The van der Waals surface area contributed by atoms with Crippen LogP contribution in [0.4, 0.5) is 0 Å². The van der Waals surface area contributed by atoms with E-state index in [9.17, 15) is 0 Å². The molecule has 1 aromatic rings. The van der Waals surface area contributed by atoms with Crippen LogP contribution in [0.2, 0.25) is 0 Å². The Kier molecular flexibility index (Phi) is 30.9. The van der Waals surface area contributed by atoms with Crippen LogP contribution in [0.5, 0.6) is 0 Å². The van der Waals surface area contributed by atoms with Crippen molar-refractivity contribution in [2.24, 2.45) is 0 Å². The van der Waals surface area contributed by atoms with E-state index in [4.69, 9.17) is 5.26 Å². The molecule has 0 aliphatic carbocycles. The zero-order chi connectivity index (χ0) is 9.23. The van der Waals surface area contributed by atoms with E-state index in [-0.39, 0.29) is 45.9 Å². The van der Waals surface area contributed by atoms with Crippen molar-refractivity contribution in [2.45, 2.75) is 13.8 Å². The number of aromatic nitrogens is 1. The van der Waals surface area contributed by atoms with E-state index in [1.807, 2.05) is 32.1 Å². The third-order valence-electron chi connectivity index (χ3n) is 1.14. The maximum Gasteiger partial charge on any atom is 2.00 e. The topological polar surface area (TPSA) is 36.7 Å². The van der Waals surface area contributed by atoms with Crippen LogP contribution in [0.1, 0.15) is 19.4 Å². The van der Waals surface area contributed by atoms with Gasteiger partial charge in [0, 0.05) is 12.4 Å². The van der Waals surface area contributed by atoms with Gasteiger partial charge >= 0.3 is 21.1 Å². The summed E-state index contributed by atoms with van der Waals surface area (Å²) < 4.78 is 0. The Morgan fingerprint density at radius 2 is 1.53 bits per heavy atom. The Bertz CT molecular complexity index is 267. The number of nitriles is 1. The van der Waals surface area contributed by atoms with Crippen LogP contribution in [0.15, 0.2) is 36.7 Å². The minimum Gasteiger partial charge on any atom is -1.00 e. The molecular weight excluding hydrogens is 414 g/mol. The van der Waals surface area contributed by atoms with Crippen molar-refractivity contribution < 1.29 is 45.9 Å². The second-order valence-corrected chi connectivity index (χ2v) is 2.01. The fourth-order valence-electron chi connectivity index (χ4n) is 0.426. The average molecular weight is 426 g/mol. The molecule has 0 unspecified atom stereocenters. The van der Waals surface area contributed by atoms with Crippen molar-refractivity contribution in [3.05, 3.63) is 42.2 Å². The fourth-order valence-corrected chi connectivity index (χ4v) is 0.426. The van der Waals surface area contributed by atoms with Gasteiger partial charge in [0.2, 0.25) is 0 Å². The van der Waals surface area contributed by atoms with Gasteiger partial charge < -0.3 is 24.8 Å². The van der Waals surface area contributed by atoms with Crippen LogP contribution in [0.3, 0.4) is 0 Å². The van der Waals surface area contributed by atoms with Crippen LogP contribution >= 0.6 is 0 Å². The summed E-state index contributed by atoms with van der Waals surface area (Å²) >= 11 is 0. The molecule has 0 radical (unpaired) electrons. The molecule has 0 aromatic carbocycles. The van der Waals surface area contributed by atoms with Crippen LogP contribution in [-0.2, 0) is 21.1 Å². The molecule has 5 heteroatoms. The SMILES string of the molecule is C/C=C/C.N#Cc1ccncc1.[Cl-].[Cl-].[Pt+2].